The Hall–Kier alpha value is -0.610. The van der Waals surface area contributed by atoms with E-state index in [1.165, 1.54) is 12.8 Å². The summed E-state index contributed by atoms with van der Waals surface area (Å²) >= 11 is 0. The van der Waals surface area contributed by atoms with Gasteiger partial charge in [-0.25, -0.2) is 0 Å². The van der Waals surface area contributed by atoms with E-state index in [0.717, 1.165) is 45.5 Å². The molecule has 1 aliphatic rings. The highest BCUT2D eigenvalue weighted by atomic mass is 16.5. The van der Waals surface area contributed by atoms with Crippen molar-refractivity contribution in [3.8, 4) is 0 Å². The monoisotopic (exact) mass is 270 g/mol. The van der Waals surface area contributed by atoms with E-state index in [1.807, 2.05) is 4.90 Å². The van der Waals surface area contributed by atoms with Gasteiger partial charge in [0.05, 0.1) is 6.61 Å². The minimum atomic E-state index is 0.316. The van der Waals surface area contributed by atoms with Gasteiger partial charge in [0, 0.05) is 32.5 Å². The van der Waals surface area contributed by atoms with E-state index in [0.29, 0.717) is 24.2 Å². The molecule has 1 rings (SSSR count). The van der Waals surface area contributed by atoms with Crippen LogP contribution in [-0.4, -0.2) is 44.2 Å². The molecule has 2 N–H and O–H groups in total. The Labute approximate surface area is 117 Å². The summed E-state index contributed by atoms with van der Waals surface area (Å²) in [5, 5.41) is 0. The van der Waals surface area contributed by atoms with Gasteiger partial charge in [0.1, 0.15) is 0 Å². The summed E-state index contributed by atoms with van der Waals surface area (Å²) in [6.45, 7) is 5.49. The molecule has 2 atom stereocenters. The number of amides is 1. The molecule has 0 aromatic carbocycles. The van der Waals surface area contributed by atoms with Gasteiger partial charge in [0.15, 0.2) is 0 Å². The van der Waals surface area contributed by atoms with Crippen molar-refractivity contribution >= 4 is 5.91 Å². The van der Waals surface area contributed by atoms with Crippen LogP contribution in [-0.2, 0) is 9.53 Å². The number of ether oxygens (including phenoxy) is 1. The third kappa shape index (κ3) is 5.91. The van der Waals surface area contributed by atoms with E-state index in [-0.39, 0.29) is 0 Å². The third-order valence-corrected chi connectivity index (χ3v) is 4.08. The van der Waals surface area contributed by atoms with Crippen LogP contribution in [0.1, 0.15) is 45.4 Å². The Morgan fingerprint density at radius 1 is 1.42 bits per heavy atom. The van der Waals surface area contributed by atoms with Crippen LogP contribution in [0.3, 0.4) is 0 Å². The molecule has 1 fully saturated rings. The maximum Gasteiger partial charge on any atom is 0.222 e. The van der Waals surface area contributed by atoms with Crippen LogP contribution in [0.15, 0.2) is 0 Å². The van der Waals surface area contributed by atoms with Crippen LogP contribution in [0.25, 0.3) is 0 Å². The molecule has 19 heavy (non-hydrogen) atoms. The fourth-order valence-electron chi connectivity index (χ4n) is 2.99. The van der Waals surface area contributed by atoms with Gasteiger partial charge in [-0.2, -0.15) is 0 Å². The Kier molecular flexibility index (Phi) is 8.07. The van der Waals surface area contributed by atoms with Crippen molar-refractivity contribution in [2.45, 2.75) is 45.4 Å². The highest BCUT2D eigenvalue weighted by Crippen LogP contribution is 2.21. The topological polar surface area (TPSA) is 55.6 Å². The van der Waals surface area contributed by atoms with Crippen LogP contribution >= 0.6 is 0 Å². The van der Waals surface area contributed by atoms with Gasteiger partial charge in [0.25, 0.3) is 0 Å². The molecule has 0 aromatic heterocycles. The highest BCUT2D eigenvalue weighted by Gasteiger charge is 2.26. The zero-order valence-electron chi connectivity index (χ0n) is 12.6. The second kappa shape index (κ2) is 9.32. The Morgan fingerprint density at radius 2 is 2.21 bits per heavy atom. The summed E-state index contributed by atoms with van der Waals surface area (Å²) in [6, 6.07) is 0. The molecule has 0 radical (unpaired) electrons. The summed E-state index contributed by atoms with van der Waals surface area (Å²) in [4.78, 5) is 14.2. The minimum absolute atomic E-state index is 0.316. The number of methoxy groups -OCH3 is 1. The van der Waals surface area contributed by atoms with Crippen LogP contribution in [0.5, 0.6) is 0 Å². The molecule has 4 heteroatoms. The molecule has 4 nitrogen and oxygen atoms in total. The van der Waals surface area contributed by atoms with Crippen LogP contribution in [0, 0.1) is 11.8 Å². The zero-order valence-corrected chi connectivity index (χ0v) is 12.6. The normalized spacial score (nSPS) is 20.8. The minimum Gasteiger partial charge on any atom is -0.384 e. The van der Waals surface area contributed by atoms with Crippen molar-refractivity contribution in [1.29, 1.82) is 0 Å². The molecule has 1 saturated heterocycles. The van der Waals surface area contributed by atoms with Crippen LogP contribution in [0.4, 0.5) is 0 Å². The molecule has 1 heterocycles. The van der Waals surface area contributed by atoms with E-state index < -0.39 is 0 Å². The van der Waals surface area contributed by atoms with Gasteiger partial charge in [0.2, 0.25) is 5.91 Å². The van der Waals surface area contributed by atoms with Crippen molar-refractivity contribution in [2.24, 2.45) is 17.6 Å². The van der Waals surface area contributed by atoms with Crippen molar-refractivity contribution in [1.82, 2.24) is 4.90 Å². The predicted octanol–water partition coefficient (Wildman–Crippen LogP) is 2.03. The molecule has 0 saturated carbocycles. The SMILES string of the molecule is CCCC(CCN)CCC(=O)N1CCC(COC)C1. The van der Waals surface area contributed by atoms with Gasteiger partial charge < -0.3 is 15.4 Å². The van der Waals surface area contributed by atoms with E-state index in [2.05, 4.69) is 6.92 Å². The Balaban J connectivity index is 2.26. The lowest BCUT2D eigenvalue weighted by Crippen LogP contribution is -2.29. The lowest BCUT2D eigenvalue weighted by molar-refractivity contribution is -0.130. The highest BCUT2D eigenvalue weighted by molar-refractivity contribution is 5.76. The summed E-state index contributed by atoms with van der Waals surface area (Å²) in [6.07, 6.45) is 6.18. The average Bonchev–Trinajstić information content (AvgIpc) is 2.85. The molecule has 0 bridgehead atoms. The largest absolute Gasteiger partial charge is 0.384 e. The number of rotatable bonds is 9. The first-order valence-corrected chi connectivity index (χ1v) is 7.68. The number of hydrogen-bond acceptors (Lipinski definition) is 3. The van der Waals surface area contributed by atoms with Gasteiger partial charge in [-0.05, 0) is 31.7 Å². The first kappa shape index (κ1) is 16.4. The molecule has 112 valence electrons. The maximum absolute atomic E-state index is 12.2. The maximum atomic E-state index is 12.2. The Morgan fingerprint density at radius 3 is 2.84 bits per heavy atom. The molecule has 2 unspecified atom stereocenters. The fraction of sp³-hybridized carbons (Fsp3) is 0.933. The molecule has 0 aliphatic carbocycles. The van der Waals surface area contributed by atoms with Crippen molar-refractivity contribution in [2.75, 3.05) is 33.4 Å². The quantitative estimate of drug-likeness (QED) is 0.697. The number of carbonyl (C=O) groups excluding carboxylic acids is 1. The first-order chi connectivity index (χ1) is 9.21. The first-order valence-electron chi connectivity index (χ1n) is 7.68. The van der Waals surface area contributed by atoms with Gasteiger partial charge in [-0.3, -0.25) is 4.79 Å². The smallest absolute Gasteiger partial charge is 0.222 e. The number of hydrogen-bond donors (Lipinski definition) is 1. The van der Waals surface area contributed by atoms with Crippen molar-refractivity contribution in [3.63, 3.8) is 0 Å². The summed E-state index contributed by atoms with van der Waals surface area (Å²) in [5.74, 6) is 1.47. The van der Waals surface area contributed by atoms with Crippen molar-refractivity contribution < 1.29 is 9.53 Å². The number of nitrogens with zero attached hydrogens (tertiary/aromatic N) is 1. The van der Waals surface area contributed by atoms with E-state index in [9.17, 15) is 4.79 Å². The molecule has 0 aromatic rings. The third-order valence-electron chi connectivity index (χ3n) is 4.08. The molecule has 0 spiro atoms. The Bertz CT molecular complexity index is 253. The lowest BCUT2D eigenvalue weighted by atomic mass is 9.94. The number of nitrogens with two attached hydrogens (primary N) is 1. The second-order valence-corrected chi connectivity index (χ2v) is 5.72. The van der Waals surface area contributed by atoms with Gasteiger partial charge in [-0.15, -0.1) is 0 Å². The summed E-state index contributed by atoms with van der Waals surface area (Å²) < 4.78 is 5.16. The zero-order chi connectivity index (χ0) is 14.1. The second-order valence-electron chi connectivity index (χ2n) is 5.72. The van der Waals surface area contributed by atoms with Crippen LogP contribution in [0.2, 0.25) is 0 Å². The number of carbonyl (C=O) groups is 1. The molecule has 1 amide bonds. The van der Waals surface area contributed by atoms with E-state index >= 15 is 0 Å². The molecule has 1 aliphatic heterocycles. The van der Waals surface area contributed by atoms with Crippen molar-refractivity contribution in [3.05, 3.63) is 0 Å². The van der Waals surface area contributed by atoms with E-state index in [4.69, 9.17) is 10.5 Å². The average molecular weight is 270 g/mol. The summed E-state index contributed by atoms with van der Waals surface area (Å²) in [5.41, 5.74) is 5.63. The summed E-state index contributed by atoms with van der Waals surface area (Å²) in [7, 11) is 1.73. The fourth-order valence-corrected chi connectivity index (χ4v) is 2.99. The van der Waals surface area contributed by atoms with Gasteiger partial charge >= 0.3 is 0 Å². The van der Waals surface area contributed by atoms with E-state index in [1.54, 1.807) is 7.11 Å². The van der Waals surface area contributed by atoms with Crippen LogP contribution < -0.4 is 5.73 Å². The lowest BCUT2D eigenvalue weighted by Gasteiger charge is -2.19. The standard InChI is InChI=1S/C15H30N2O2/c1-3-4-13(7-9-16)5-6-15(18)17-10-8-14(11-17)12-19-2/h13-14H,3-12,16H2,1-2H3. The molecular formula is C15H30N2O2. The predicted molar refractivity (Wildman–Crippen MR) is 77.9 cm³/mol. The van der Waals surface area contributed by atoms with Gasteiger partial charge in [-0.1, -0.05) is 19.8 Å². The molecular weight excluding hydrogens is 240 g/mol. The number of likely N-dealkylation sites (tertiary alicyclic amines) is 1.